The van der Waals surface area contributed by atoms with Crippen molar-refractivity contribution in [3.05, 3.63) is 65.9 Å². The number of rotatable bonds is 8. The summed E-state index contributed by atoms with van der Waals surface area (Å²) in [5.74, 6) is -0.598. The highest BCUT2D eigenvalue weighted by molar-refractivity contribution is 5.96. The number of benzene rings is 1. The summed E-state index contributed by atoms with van der Waals surface area (Å²) in [5.41, 5.74) is 3.09. The van der Waals surface area contributed by atoms with Crippen LogP contribution in [0.3, 0.4) is 0 Å². The van der Waals surface area contributed by atoms with E-state index in [1.165, 1.54) is 22.8 Å². The normalized spacial score (nSPS) is 13.5. The third kappa shape index (κ3) is 5.79. The minimum absolute atomic E-state index is 0.0341. The summed E-state index contributed by atoms with van der Waals surface area (Å²) in [6.07, 6.45) is -0.708. The zero-order chi connectivity index (χ0) is 26.2. The number of aromatic nitrogens is 4. The molecule has 1 aliphatic rings. The molecule has 2 N–H and O–H groups in total. The number of carbonyl (C=O) groups excluding carboxylic acids is 1. The Morgan fingerprint density at radius 2 is 1.95 bits per heavy atom. The number of alkyl halides is 3. The standard InChI is InChI=1S/C25H22F4N6O2/c1-14-10-15(2-6-18(14)24(36)33-16-3-4-16)20-13-32-23-19(30-9-8-25(27,28)29)11-22(34-35(20)23)37-17-5-7-21(26)31-12-17/h2,5-7,10-13,16,30H,3-4,8-9H2,1H3,(H,33,36). The molecule has 3 aromatic heterocycles. The second-order valence-electron chi connectivity index (χ2n) is 8.76. The Bertz CT molecular complexity index is 1450. The zero-order valence-electron chi connectivity index (χ0n) is 19.6. The van der Waals surface area contributed by atoms with Crippen LogP contribution in [0.4, 0.5) is 23.2 Å². The molecule has 192 valence electrons. The summed E-state index contributed by atoms with van der Waals surface area (Å²) < 4.78 is 58.5. The van der Waals surface area contributed by atoms with Gasteiger partial charge in [-0.05, 0) is 49.6 Å². The number of hydrogen-bond donors (Lipinski definition) is 2. The van der Waals surface area contributed by atoms with Gasteiger partial charge in [-0.15, -0.1) is 5.10 Å². The topological polar surface area (TPSA) is 93.4 Å². The van der Waals surface area contributed by atoms with Gasteiger partial charge in [-0.1, -0.05) is 6.07 Å². The number of anilines is 1. The van der Waals surface area contributed by atoms with Crippen molar-refractivity contribution in [2.75, 3.05) is 11.9 Å². The van der Waals surface area contributed by atoms with Crippen molar-refractivity contribution in [2.24, 2.45) is 0 Å². The van der Waals surface area contributed by atoms with Crippen LogP contribution in [0.2, 0.25) is 0 Å². The van der Waals surface area contributed by atoms with Gasteiger partial charge < -0.3 is 15.4 Å². The van der Waals surface area contributed by atoms with E-state index in [0.717, 1.165) is 24.5 Å². The predicted octanol–water partition coefficient (Wildman–Crippen LogP) is 5.29. The van der Waals surface area contributed by atoms with Crippen LogP contribution in [-0.2, 0) is 0 Å². The summed E-state index contributed by atoms with van der Waals surface area (Å²) >= 11 is 0. The Hall–Kier alpha value is -4.22. The fourth-order valence-electron chi connectivity index (χ4n) is 3.77. The number of pyridine rings is 1. The first-order chi connectivity index (χ1) is 17.7. The molecule has 1 aliphatic carbocycles. The van der Waals surface area contributed by atoms with Crippen LogP contribution in [0.1, 0.15) is 35.2 Å². The molecule has 0 atom stereocenters. The molecule has 8 nitrogen and oxygen atoms in total. The average molecular weight is 514 g/mol. The Balaban J connectivity index is 1.50. The summed E-state index contributed by atoms with van der Waals surface area (Å²) in [4.78, 5) is 20.4. The molecule has 37 heavy (non-hydrogen) atoms. The fraction of sp³-hybridized carbons (Fsp3) is 0.280. The van der Waals surface area contributed by atoms with E-state index in [4.69, 9.17) is 4.74 Å². The largest absolute Gasteiger partial charge is 0.436 e. The van der Waals surface area contributed by atoms with E-state index in [-0.39, 0.29) is 41.5 Å². The third-order valence-corrected chi connectivity index (χ3v) is 5.77. The van der Waals surface area contributed by atoms with Crippen LogP contribution in [0.25, 0.3) is 16.9 Å². The molecule has 0 radical (unpaired) electrons. The molecule has 12 heteroatoms. The average Bonchev–Trinajstić information content (AvgIpc) is 3.54. The van der Waals surface area contributed by atoms with Gasteiger partial charge in [0.2, 0.25) is 11.8 Å². The maximum Gasteiger partial charge on any atom is 0.390 e. The Labute approximate surface area is 208 Å². The van der Waals surface area contributed by atoms with Crippen LogP contribution < -0.4 is 15.4 Å². The minimum atomic E-state index is -4.33. The van der Waals surface area contributed by atoms with Crippen LogP contribution in [0.5, 0.6) is 11.6 Å². The highest BCUT2D eigenvalue weighted by Gasteiger charge is 2.27. The molecule has 1 saturated carbocycles. The van der Waals surface area contributed by atoms with Crippen molar-refractivity contribution in [2.45, 2.75) is 38.4 Å². The van der Waals surface area contributed by atoms with E-state index in [1.807, 2.05) is 13.0 Å². The number of amides is 1. The molecule has 0 aliphatic heterocycles. The highest BCUT2D eigenvalue weighted by Crippen LogP contribution is 2.30. The Morgan fingerprint density at radius 1 is 1.14 bits per heavy atom. The van der Waals surface area contributed by atoms with Crippen LogP contribution >= 0.6 is 0 Å². The molecule has 1 aromatic carbocycles. The van der Waals surface area contributed by atoms with Crippen molar-refractivity contribution < 1.29 is 27.1 Å². The lowest BCUT2D eigenvalue weighted by molar-refractivity contribution is -0.131. The van der Waals surface area contributed by atoms with Crippen molar-refractivity contribution in [3.8, 4) is 22.9 Å². The number of nitrogens with one attached hydrogen (secondary N) is 2. The number of nitrogens with zero attached hydrogens (tertiary/aromatic N) is 4. The monoisotopic (exact) mass is 514 g/mol. The number of ether oxygens (including phenoxy) is 1. The first kappa shape index (κ1) is 24.5. The van der Waals surface area contributed by atoms with Crippen LogP contribution in [-0.4, -0.2) is 44.3 Å². The molecule has 3 heterocycles. The maximum absolute atomic E-state index is 13.2. The SMILES string of the molecule is Cc1cc(-c2cnc3c(NCCC(F)(F)F)cc(Oc4ccc(F)nc4)nn23)ccc1C(=O)NC1CC1. The lowest BCUT2D eigenvalue weighted by atomic mass is 10.0. The van der Waals surface area contributed by atoms with Crippen molar-refractivity contribution in [1.82, 2.24) is 24.9 Å². The van der Waals surface area contributed by atoms with Gasteiger partial charge in [-0.2, -0.15) is 17.6 Å². The van der Waals surface area contributed by atoms with Crippen molar-refractivity contribution >= 4 is 17.2 Å². The van der Waals surface area contributed by atoms with Gasteiger partial charge in [0.25, 0.3) is 5.91 Å². The first-order valence-electron chi connectivity index (χ1n) is 11.6. The Morgan fingerprint density at radius 3 is 2.62 bits per heavy atom. The third-order valence-electron chi connectivity index (χ3n) is 5.77. The minimum Gasteiger partial charge on any atom is -0.436 e. The molecule has 4 aromatic rings. The molecular formula is C25H22F4N6O2. The van der Waals surface area contributed by atoms with Gasteiger partial charge in [0.1, 0.15) is 5.75 Å². The molecule has 0 saturated heterocycles. The van der Waals surface area contributed by atoms with Gasteiger partial charge in [0.15, 0.2) is 5.65 Å². The highest BCUT2D eigenvalue weighted by atomic mass is 19.4. The second kappa shape index (κ2) is 9.68. The molecule has 5 rings (SSSR count). The fourth-order valence-corrected chi connectivity index (χ4v) is 3.77. The van der Waals surface area contributed by atoms with E-state index in [1.54, 1.807) is 18.3 Å². The smallest absolute Gasteiger partial charge is 0.390 e. The quantitative estimate of drug-likeness (QED) is 0.245. The lowest BCUT2D eigenvalue weighted by Gasteiger charge is -2.13. The van der Waals surface area contributed by atoms with E-state index >= 15 is 0 Å². The number of halogens is 4. The summed E-state index contributed by atoms with van der Waals surface area (Å²) in [6, 6.07) is 9.41. The molecule has 0 spiro atoms. The maximum atomic E-state index is 13.2. The van der Waals surface area contributed by atoms with Gasteiger partial charge in [-0.25, -0.2) is 14.5 Å². The summed E-state index contributed by atoms with van der Waals surface area (Å²) in [5, 5.41) is 10.2. The second-order valence-corrected chi connectivity index (χ2v) is 8.76. The zero-order valence-corrected chi connectivity index (χ0v) is 19.6. The van der Waals surface area contributed by atoms with Gasteiger partial charge in [0, 0.05) is 29.8 Å². The summed E-state index contributed by atoms with van der Waals surface area (Å²) in [7, 11) is 0. The van der Waals surface area contributed by atoms with Gasteiger partial charge >= 0.3 is 6.18 Å². The number of carbonyl (C=O) groups is 1. The van der Waals surface area contributed by atoms with E-state index in [2.05, 4.69) is 25.7 Å². The number of aryl methyl sites for hydroxylation is 1. The number of fused-ring (bicyclic) bond motifs is 1. The summed E-state index contributed by atoms with van der Waals surface area (Å²) in [6.45, 7) is 1.44. The Kier molecular flexibility index (Phi) is 6.40. The van der Waals surface area contributed by atoms with Gasteiger partial charge in [-0.3, -0.25) is 4.79 Å². The molecule has 0 bridgehead atoms. The molecule has 1 fully saturated rings. The van der Waals surface area contributed by atoms with Crippen LogP contribution in [0.15, 0.2) is 48.8 Å². The van der Waals surface area contributed by atoms with E-state index in [9.17, 15) is 22.4 Å². The van der Waals surface area contributed by atoms with Crippen molar-refractivity contribution in [1.29, 1.82) is 0 Å². The van der Waals surface area contributed by atoms with Gasteiger partial charge in [0.05, 0.1) is 30.2 Å². The van der Waals surface area contributed by atoms with E-state index in [0.29, 0.717) is 16.8 Å². The predicted molar refractivity (Wildman–Crippen MR) is 127 cm³/mol. The first-order valence-corrected chi connectivity index (χ1v) is 11.6. The van der Waals surface area contributed by atoms with E-state index < -0.39 is 18.5 Å². The lowest BCUT2D eigenvalue weighted by Crippen LogP contribution is -2.26. The molecule has 0 unspecified atom stereocenters. The molecular weight excluding hydrogens is 492 g/mol. The van der Waals surface area contributed by atoms with Crippen molar-refractivity contribution in [3.63, 3.8) is 0 Å². The number of imidazole rings is 1. The number of hydrogen-bond acceptors (Lipinski definition) is 6. The molecule has 1 amide bonds. The van der Waals surface area contributed by atoms with Crippen LogP contribution in [0, 0.1) is 12.9 Å².